The number of aryl methyl sites for hydroxylation is 2. The zero-order chi connectivity index (χ0) is 19.0. The Morgan fingerprint density at radius 1 is 1.11 bits per heavy atom. The molecule has 1 aromatic heterocycles. The molecular weight excluding hydrogens is 342 g/mol. The number of rotatable bonds is 3. The summed E-state index contributed by atoms with van der Waals surface area (Å²) in [4.78, 5) is 27.4. The summed E-state index contributed by atoms with van der Waals surface area (Å²) in [6.07, 6.45) is 3.88. The second-order valence-electron chi connectivity index (χ2n) is 8.10. The maximum Gasteiger partial charge on any atom is 0.328 e. The summed E-state index contributed by atoms with van der Waals surface area (Å²) in [5, 5.41) is 0. The number of carbonyl (C=O) groups excluding carboxylic acids is 1. The van der Waals surface area contributed by atoms with Gasteiger partial charge in [-0.15, -0.1) is 0 Å². The second-order valence-corrected chi connectivity index (χ2v) is 8.10. The van der Waals surface area contributed by atoms with E-state index in [0.717, 1.165) is 56.4 Å². The van der Waals surface area contributed by atoms with E-state index in [9.17, 15) is 9.59 Å². The molecule has 0 N–H and O–H groups in total. The van der Waals surface area contributed by atoms with Gasteiger partial charge in [-0.25, -0.2) is 4.79 Å². The van der Waals surface area contributed by atoms with Crippen LogP contribution in [0.5, 0.6) is 0 Å². The Morgan fingerprint density at radius 3 is 2.52 bits per heavy atom. The van der Waals surface area contributed by atoms with Crippen LogP contribution in [0.15, 0.2) is 23.0 Å². The fourth-order valence-electron chi connectivity index (χ4n) is 4.59. The molecule has 1 aromatic carbocycles. The largest absolute Gasteiger partial charge is 0.378 e. The molecule has 1 amide bonds. The number of benzene rings is 1. The number of morpholine rings is 1. The fraction of sp³-hybridized carbons (Fsp3) is 0.619. The van der Waals surface area contributed by atoms with Gasteiger partial charge in [-0.2, -0.15) is 0 Å². The molecule has 2 aromatic rings. The highest BCUT2D eigenvalue weighted by Gasteiger charge is 2.30. The van der Waals surface area contributed by atoms with Gasteiger partial charge in [0.05, 0.1) is 24.2 Å². The predicted octanol–water partition coefficient (Wildman–Crippen LogP) is 2.31. The Kier molecular flexibility index (Phi) is 5.08. The van der Waals surface area contributed by atoms with Gasteiger partial charge in [-0.3, -0.25) is 13.9 Å². The van der Waals surface area contributed by atoms with Gasteiger partial charge in [0, 0.05) is 32.6 Å². The van der Waals surface area contributed by atoms with Crippen LogP contribution in [0, 0.1) is 18.8 Å². The molecule has 1 saturated heterocycles. The van der Waals surface area contributed by atoms with E-state index < -0.39 is 0 Å². The summed E-state index contributed by atoms with van der Waals surface area (Å²) >= 11 is 0. The van der Waals surface area contributed by atoms with Crippen LogP contribution in [0.3, 0.4) is 0 Å². The number of amides is 1. The van der Waals surface area contributed by atoms with E-state index in [2.05, 4.69) is 19.1 Å². The van der Waals surface area contributed by atoms with Gasteiger partial charge in [0.15, 0.2) is 0 Å². The van der Waals surface area contributed by atoms with Crippen LogP contribution in [-0.2, 0) is 23.1 Å². The molecular formula is C21H29N3O3. The first-order chi connectivity index (χ1) is 13.0. The minimum Gasteiger partial charge on any atom is -0.378 e. The third-order valence-corrected chi connectivity index (χ3v) is 6.26. The van der Waals surface area contributed by atoms with Crippen LogP contribution in [0.2, 0.25) is 0 Å². The van der Waals surface area contributed by atoms with Crippen LogP contribution in [-0.4, -0.2) is 46.2 Å². The van der Waals surface area contributed by atoms with Gasteiger partial charge in [0.2, 0.25) is 5.91 Å². The van der Waals surface area contributed by atoms with E-state index >= 15 is 0 Å². The normalized spacial score (nSPS) is 23.7. The highest BCUT2D eigenvalue weighted by Crippen LogP contribution is 2.31. The Labute approximate surface area is 159 Å². The van der Waals surface area contributed by atoms with Crippen molar-refractivity contribution in [1.29, 1.82) is 0 Å². The molecule has 2 fully saturated rings. The molecule has 0 unspecified atom stereocenters. The fourth-order valence-corrected chi connectivity index (χ4v) is 4.59. The van der Waals surface area contributed by atoms with Gasteiger partial charge in [0.1, 0.15) is 0 Å². The Morgan fingerprint density at radius 2 is 1.81 bits per heavy atom. The summed E-state index contributed by atoms with van der Waals surface area (Å²) in [7, 11) is 1.84. The molecule has 1 aliphatic heterocycles. The zero-order valence-corrected chi connectivity index (χ0v) is 16.3. The van der Waals surface area contributed by atoms with E-state index in [-0.39, 0.29) is 11.6 Å². The molecule has 0 radical (unpaired) electrons. The number of hydrogen-bond donors (Lipinski definition) is 0. The summed E-state index contributed by atoms with van der Waals surface area (Å²) in [6, 6.07) is 6.18. The van der Waals surface area contributed by atoms with Crippen molar-refractivity contribution in [3.63, 3.8) is 0 Å². The van der Waals surface area contributed by atoms with Crippen molar-refractivity contribution in [3.8, 4) is 0 Å². The SMILES string of the molecule is Cc1ccc2c(c1)n(CC1CCC(C(=O)N3CCOCC3)CC1)c(=O)n2C. The first-order valence-electron chi connectivity index (χ1n) is 10.1. The lowest BCUT2D eigenvalue weighted by molar-refractivity contribution is -0.141. The van der Waals surface area contributed by atoms with Gasteiger partial charge in [0.25, 0.3) is 0 Å². The smallest absolute Gasteiger partial charge is 0.328 e. The summed E-state index contributed by atoms with van der Waals surface area (Å²) < 4.78 is 9.02. The molecule has 6 nitrogen and oxygen atoms in total. The molecule has 0 atom stereocenters. The maximum absolute atomic E-state index is 12.7. The standard InChI is InChI=1S/C21H29N3O3/c1-15-3-8-18-19(13-15)24(21(26)22(18)2)14-16-4-6-17(7-5-16)20(25)23-9-11-27-12-10-23/h3,8,13,16-17H,4-7,9-12,14H2,1-2H3. The highest BCUT2D eigenvalue weighted by molar-refractivity contribution is 5.79. The maximum atomic E-state index is 12.7. The Hall–Kier alpha value is -2.08. The monoisotopic (exact) mass is 371 g/mol. The van der Waals surface area contributed by atoms with Crippen molar-refractivity contribution in [2.45, 2.75) is 39.2 Å². The minimum absolute atomic E-state index is 0.0575. The van der Waals surface area contributed by atoms with E-state index in [1.807, 2.05) is 22.6 Å². The van der Waals surface area contributed by atoms with Crippen LogP contribution in [0.4, 0.5) is 0 Å². The van der Waals surface area contributed by atoms with Crippen molar-refractivity contribution in [3.05, 3.63) is 34.2 Å². The van der Waals surface area contributed by atoms with E-state index in [0.29, 0.717) is 25.0 Å². The van der Waals surface area contributed by atoms with Gasteiger partial charge >= 0.3 is 5.69 Å². The van der Waals surface area contributed by atoms with Crippen LogP contribution in [0.1, 0.15) is 31.2 Å². The molecule has 2 aliphatic rings. The van der Waals surface area contributed by atoms with Crippen molar-refractivity contribution >= 4 is 16.9 Å². The van der Waals surface area contributed by atoms with E-state index in [1.54, 1.807) is 4.57 Å². The zero-order valence-electron chi connectivity index (χ0n) is 16.3. The lowest BCUT2D eigenvalue weighted by Gasteiger charge is -2.34. The molecule has 146 valence electrons. The second kappa shape index (κ2) is 7.50. The number of carbonyl (C=O) groups is 1. The van der Waals surface area contributed by atoms with Crippen molar-refractivity contribution in [2.24, 2.45) is 18.9 Å². The number of fused-ring (bicyclic) bond motifs is 1. The molecule has 4 rings (SSSR count). The average molecular weight is 371 g/mol. The lowest BCUT2D eigenvalue weighted by atomic mass is 9.81. The molecule has 6 heteroatoms. The van der Waals surface area contributed by atoms with Crippen LogP contribution >= 0.6 is 0 Å². The van der Waals surface area contributed by atoms with Gasteiger partial charge < -0.3 is 9.64 Å². The first-order valence-corrected chi connectivity index (χ1v) is 10.1. The first kappa shape index (κ1) is 18.3. The Bertz CT molecular complexity index is 884. The summed E-state index contributed by atoms with van der Waals surface area (Å²) in [5.41, 5.74) is 3.24. The summed E-state index contributed by atoms with van der Waals surface area (Å²) in [6.45, 7) is 5.57. The van der Waals surface area contributed by atoms with E-state index in [1.165, 1.54) is 5.56 Å². The quantitative estimate of drug-likeness (QED) is 0.832. The van der Waals surface area contributed by atoms with Crippen molar-refractivity contribution in [1.82, 2.24) is 14.0 Å². The topological polar surface area (TPSA) is 56.5 Å². The van der Waals surface area contributed by atoms with Crippen molar-refractivity contribution < 1.29 is 9.53 Å². The minimum atomic E-state index is 0.0575. The Balaban J connectivity index is 1.43. The third kappa shape index (κ3) is 3.55. The number of aromatic nitrogens is 2. The molecule has 2 heterocycles. The average Bonchev–Trinajstić information content (AvgIpc) is 2.93. The van der Waals surface area contributed by atoms with Gasteiger partial charge in [-0.05, 0) is 56.2 Å². The molecule has 1 saturated carbocycles. The predicted molar refractivity (Wildman–Crippen MR) is 105 cm³/mol. The summed E-state index contributed by atoms with van der Waals surface area (Å²) in [5.74, 6) is 0.906. The van der Waals surface area contributed by atoms with Crippen LogP contribution < -0.4 is 5.69 Å². The van der Waals surface area contributed by atoms with Crippen molar-refractivity contribution in [2.75, 3.05) is 26.3 Å². The number of imidazole rings is 1. The molecule has 27 heavy (non-hydrogen) atoms. The number of ether oxygens (including phenoxy) is 1. The number of hydrogen-bond acceptors (Lipinski definition) is 3. The highest BCUT2D eigenvalue weighted by atomic mass is 16.5. The van der Waals surface area contributed by atoms with Crippen LogP contribution in [0.25, 0.3) is 11.0 Å². The molecule has 0 bridgehead atoms. The lowest BCUT2D eigenvalue weighted by Crippen LogP contribution is -2.44. The number of nitrogens with zero attached hydrogens (tertiary/aromatic N) is 3. The van der Waals surface area contributed by atoms with E-state index in [4.69, 9.17) is 4.74 Å². The third-order valence-electron chi connectivity index (χ3n) is 6.26. The molecule has 1 aliphatic carbocycles. The molecule has 0 spiro atoms. The van der Waals surface area contributed by atoms with Gasteiger partial charge in [-0.1, -0.05) is 6.07 Å².